The number of alkyl halides is 3. The molecule has 2 heterocycles. The number of rotatable bonds is 5. The molecule has 6 nitrogen and oxygen atoms in total. The van der Waals surface area contributed by atoms with E-state index in [1.54, 1.807) is 24.3 Å². The van der Waals surface area contributed by atoms with Crippen LogP contribution in [0.2, 0.25) is 0 Å². The number of aromatic hydroxyl groups is 1. The first-order valence-electron chi connectivity index (χ1n) is 11.8. The Balaban J connectivity index is 1.32. The summed E-state index contributed by atoms with van der Waals surface area (Å²) in [4.78, 5) is 17.4. The van der Waals surface area contributed by atoms with Gasteiger partial charge in [-0.05, 0) is 42.2 Å². The molecule has 2 aliphatic rings. The van der Waals surface area contributed by atoms with Crippen molar-refractivity contribution >= 4 is 11.7 Å². The van der Waals surface area contributed by atoms with Crippen molar-refractivity contribution in [2.24, 2.45) is 0 Å². The molecule has 2 N–H and O–H groups in total. The van der Waals surface area contributed by atoms with Gasteiger partial charge in [-0.25, -0.2) is 4.79 Å². The molecule has 2 amide bonds. The summed E-state index contributed by atoms with van der Waals surface area (Å²) in [6.45, 7) is 1.89. The van der Waals surface area contributed by atoms with E-state index >= 15 is 0 Å². The molecule has 1 saturated heterocycles. The molecule has 188 valence electrons. The Morgan fingerprint density at radius 1 is 0.972 bits per heavy atom. The Kier molecular flexibility index (Phi) is 6.49. The van der Waals surface area contributed by atoms with E-state index in [2.05, 4.69) is 15.0 Å². The summed E-state index contributed by atoms with van der Waals surface area (Å²) in [6.07, 6.45) is -3.27. The molecule has 1 fully saturated rings. The number of anilines is 1. The van der Waals surface area contributed by atoms with Crippen LogP contribution in [-0.2, 0) is 6.54 Å². The second-order valence-corrected chi connectivity index (χ2v) is 9.12. The van der Waals surface area contributed by atoms with Crippen LogP contribution < -0.4 is 10.1 Å². The fourth-order valence-corrected chi connectivity index (χ4v) is 5.14. The minimum atomic E-state index is -4.72. The van der Waals surface area contributed by atoms with Crippen molar-refractivity contribution in [2.45, 2.75) is 37.8 Å². The van der Waals surface area contributed by atoms with Gasteiger partial charge in [-0.1, -0.05) is 48.5 Å². The van der Waals surface area contributed by atoms with Gasteiger partial charge in [0.05, 0.1) is 11.7 Å². The second kappa shape index (κ2) is 9.73. The first-order chi connectivity index (χ1) is 17.3. The van der Waals surface area contributed by atoms with Crippen LogP contribution in [-0.4, -0.2) is 46.4 Å². The van der Waals surface area contributed by atoms with Crippen molar-refractivity contribution in [2.75, 3.05) is 18.4 Å². The van der Waals surface area contributed by atoms with E-state index in [1.165, 1.54) is 12.1 Å². The number of urea groups is 1. The van der Waals surface area contributed by atoms with Gasteiger partial charge in [0.1, 0.15) is 11.5 Å². The lowest BCUT2D eigenvalue weighted by Crippen LogP contribution is -2.52. The van der Waals surface area contributed by atoms with Crippen LogP contribution >= 0.6 is 0 Å². The third kappa shape index (κ3) is 5.26. The Bertz CT molecular complexity index is 1230. The van der Waals surface area contributed by atoms with Crippen LogP contribution in [0.15, 0.2) is 72.8 Å². The lowest BCUT2D eigenvalue weighted by Gasteiger charge is -2.45. The molecule has 1 atom stereocenters. The Morgan fingerprint density at radius 3 is 2.44 bits per heavy atom. The lowest BCUT2D eigenvalue weighted by molar-refractivity contribution is -0.274. The molecule has 0 radical (unpaired) electrons. The van der Waals surface area contributed by atoms with Crippen LogP contribution in [0.4, 0.5) is 23.7 Å². The molecule has 0 saturated carbocycles. The molecule has 0 aliphatic carbocycles. The standard InChI is InChI=1S/C27H26F3N3O3/c28-27(29,30)36-22-8-4-5-18(15-22)17-32-13-11-20(12-14-32)33-25(19-6-2-1-3-7-19)23-10-9-21(34)16-24(23)31-26(33)35/h1-10,15-16,20,25,34H,11-14,17H2,(H,31,35). The van der Waals surface area contributed by atoms with Crippen molar-refractivity contribution in [3.8, 4) is 11.5 Å². The van der Waals surface area contributed by atoms with Crippen LogP contribution in [0.5, 0.6) is 11.5 Å². The number of piperidine rings is 1. The number of carbonyl (C=O) groups is 1. The first kappa shape index (κ1) is 24.0. The Morgan fingerprint density at radius 2 is 1.72 bits per heavy atom. The van der Waals surface area contributed by atoms with Crippen molar-refractivity contribution in [1.29, 1.82) is 0 Å². The summed E-state index contributed by atoms with van der Waals surface area (Å²) in [5.41, 5.74) is 3.25. The van der Waals surface area contributed by atoms with E-state index < -0.39 is 6.36 Å². The molecule has 0 bridgehead atoms. The van der Waals surface area contributed by atoms with Crippen LogP contribution in [0.3, 0.4) is 0 Å². The number of carbonyl (C=O) groups excluding carboxylic acids is 1. The van der Waals surface area contributed by atoms with Gasteiger partial charge in [-0.3, -0.25) is 4.90 Å². The number of nitrogens with zero attached hydrogens (tertiary/aromatic N) is 2. The Hall–Kier alpha value is -3.72. The number of ether oxygens (including phenoxy) is 1. The van der Waals surface area contributed by atoms with Crippen LogP contribution in [0, 0.1) is 0 Å². The van der Waals surface area contributed by atoms with E-state index in [0.29, 0.717) is 25.3 Å². The highest BCUT2D eigenvalue weighted by molar-refractivity contribution is 5.94. The summed E-state index contributed by atoms with van der Waals surface area (Å²) < 4.78 is 41.7. The van der Waals surface area contributed by atoms with Gasteiger partial charge in [0, 0.05) is 37.3 Å². The summed E-state index contributed by atoms with van der Waals surface area (Å²) in [5, 5.41) is 12.9. The minimum Gasteiger partial charge on any atom is -0.508 e. The quantitative estimate of drug-likeness (QED) is 0.461. The zero-order chi connectivity index (χ0) is 25.3. The predicted octanol–water partition coefficient (Wildman–Crippen LogP) is 5.89. The third-order valence-electron chi connectivity index (χ3n) is 6.69. The summed E-state index contributed by atoms with van der Waals surface area (Å²) in [7, 11) is 0. The van der Waals surface area contributed by atoms with Crippen molar-refractivity contribution in [3.63, 3.8) is 0 Å². The average molecular weight is 498 g/mol. The minimum absolute atomic E-state index is 0.0201. The number of benzene rings is 3. The van der Waals surface area contributed by atoms with Gasteiger partial charge >= 0.3 is 12.4 Å². The monoisotopic (exact) mass is 497 g/mol. The molecular weight excluding hydrogens is 471 g/mol. The van der Waals surface area contributed by atoms with E-state index in [1.807, 2.05) is 41.3 Å². The molecule has 9 heteroatoms. The van der Waals surface area contributed by atoms with Gasteiger partial charge < -0.3 is 20.1 Å². The van der Waals surface area contributed by atoms with E-state index in [0.717, 1.165) is 29.5 Å². The molecule has 5 rings (SSSR count). The number of likely N-dealkylation sites (tertiary alicyclic amines) is 1. The molecule has 3 aromatic rings. The largest absolute Gasteiger partial charge is 0.573 e. The molecule has 2 aliphatic heterocycles. The maximum Gasteiger partial charge on any atom is 0.573 e. The predicted molar refractivity (Wildman–Crippen MR) is 129 cm³/mol. The average Bonchev–Trinajstić information content (AvgIpc) is 2.83. The number of fused-ring (bicyclic) bond motifs is 1. The number of nitrogens with one attached hydrogen (secondary N) is 1. The fraction of sp³-hybridized carbons (Fsp3) is 0.296. The molecule has 1 unspecified atom stereocenters. The zero-order valence-electron chi connectivity index (χ0n) is 19.4. The molecule has 0 spiro atoms. The number of hydrogen-bond donors (Lipinski definition) is 2. The Labute approximate surface area is 206 Å². The van der Waals surface area contributed by atoms with Crippen LogP contribution in [0.1, 0.15) is 35.6 Å². The number of halogens is 3. The van der Waals surface area contributed by atoms with Gasteiger partial charge in [-0.2, -0.15) is 0 Å². The van der Waals surface area contributed by atoms with Gasteiger partial charge in [0.15, 0.2) is 0 Å². The van der Waals surface area contributed by atoms with Gasteiger partial charge in [0.2, 0.25) is 0 Å². The second-order valence-electron chi connectivity index (χ2n) is 9.12. The highest BCUT2D eigenvalue weighted by Gasteiger charge is 2.39. The van der Waals surface area contributed by atoms with Crippen molar-refractivity contribution < 1.29 is 27.8 Å². The van der Waals surface area contributed by atoms with Gasteiger partial charge in [-0.15, -0.1) is 13.2 Å². The maximum absolute atomic E-state index is 13.3. The molecular formula is C27H26F3N3O3. The highest BCUT2D eigenvalue weighted by Crippen LogP contribution is 2.41. The smallest absolute Gasteiger partial charge is 0.508 e. The fourth-order valence-electron chi connectivity index (χ4n) is 5.14. The number of hydrogen-bond acceptors (Lipinski definition) is 4. The van der Waals surface area contributed by atoms with Gasteiger partial charge in [0.25, 0.3) is 0 Å². The summed E-state index contributed by atoms with van der Waals surface area (Å²) >= 11 is 0. The van der Waals surface area contributed by atoms with Crippen molar-refractivity contribution in [1.82, 2.24) is 9.80 Å². The number of phenolic OH excluding ortho intramolecular Hbond substituents is 1. The van der Waals surface area contributed by atoms with E-state index in [-0.39, 0.29) is 29.6 Å². The summed E-state index contributed by atoms with van der Waals surface area (Å²) in [5.74, 6) is -0.136. The molecule has 3 aromatic carbocycles. The number of amides is 2. The third-order valence-corrected chi connectivity index (χ3v) is 6.69. The number of phenols is 1. The normalized spacial score (nSPS) is 19.0. The maximum atomic E-state index is 13.3. The topological polar surface area (TPSA) is 65.0 Å². The lowest BCUT2D eigenvalue weighted by atomic mass is 9.90. The highest BCUT2D eigenvalue weighted by atomic mass is 19.4. The summed E-state index contributed by atoms with van der Waals surface area (Å²) in [6, 6.07) is 20.4. The molecule has 36 heavy (non-hydrogen) atoms. The SMILES string of the molecule is O=C1Nc2cc(O)ccc2C(c2ccccc2)N1C1CCN(Cc2cccc(OC(F)(F)F)c2)CC1. The van der Waals surface area contributed by atoms with E-state index in [4.69, 9.17) is 0 Å². The van der Waals surface area contributed by atoms with Crippen molar-refractivity contribution in [3.05, 3.63) is 89.5 Å². The molecule has 0 aromatic heterocycles. The zero-order valence-corrected chi connectivity index (χ0v) is 19.4. The van der Waals surface area contributed by atoms with Crippen LogP contribution in [0.25, 0.3) is 0 Å². The first-order valence-corrected chi connectivity index (χ1v) is 11.8. The van der Waals surface area contributed by atoms with E-state index in [9.17, 15) is 23.1 Å².